The van der Waals surface area contributed by atoms with Gasteiger partial charge in [0.05, 0.1) is 12.5 Å². The fourth-order valence-electron chi connectivity index (χ4n) is 4.77. The molecule has 1 aliphatic heterocycles. The van der Waals surface area contributed by atoms with E-state index in [-0.39, 0.29) is 24.0 Å². The number of rotatable bonds is 8. The minimum atomic E-state index is -0.644. The molecule has 1 aromatic heterocycles. The molecule has 1 N–H and O–H groups in total. The monoisotopic (exact) mass is 454 g/mol. The number of aryl methyl sites for hydroxylation is 1. The molecule has 2 amide bonds. The lowest BCUT2D eigenvalue weighted by molar-refractivity contribution is -0.142. The first-order valence-corrected chi connectivity index (χ1v) is 12.8. The Morgan fingerprint density at radius 1 is 1.09 bits per heavy atom. The van der Waals surface area contributed by atoms with E-state index in [1.165, 1.54) is 6.42 Å². The Balaban J connectivity index is 1.62. The van der Waals surface area contributed by atoms with Gasteiger partial charge in [0.25, 0.3) is 0 Å². The molecule has 32 heavy (non-hydrogen) atoms. The van der Waals surface area contributed by atoms with E-state index in [0.717, 1.165) is 61.1 Å². The van der Waals surface area contributed by atoms with E-state index in [4.69, 9.17) is 4.74 Å². The first-order valence-electron chi connectivity index (χ1n) is 11.9. The molecule has 2 heterocycles. The summed E-state index contributed by atoms with van der Waals surface area (Å²) in [5, 5.41) is 5.27. The summed E-state index contributed by atoms with van der Waals surface area (Å²) in [6.45, 7) is 3.20. The number of benzene rings is 1. The number of ether oxygens (including phenoxy) is 1. The number of carbonyl (C=O) groups is 2. The molecule has 0 spiro atoms. The van der Waals surface area contributed by atoms with Gasteiger partial charge in [0.15, 0.2) is 0 Å². The van der Waals surface area contributed by atoms with Crippen LogP contribution in [0.15, 0.2) is 41.8 Å². The van der Waals surface area contributed by atoms with Crippen molar-refractivity contribution in [2.45, 2.75) is 76.5 Å². The van der Waals surface area contributed by atoms with Crippen molar-refractivity contribution in [2.75, 3.05) is 13.2 Å². The van der Waals surface area contributed by atoms with Gasteiger partial charge in [-0.15, -0.1) is 11.3 Å². The minimum absolute atomic E-state index is 0.0160. The van der Waals surface area contributed by atoms with Crippen molar-refractivity contribution in [3.63, 3.8) is 0 Å². The normalized spacial score (nSPS) is 20.1. The van der Waals surface area contributed by atoms with Crippen LogP contribution in [0.25, 0.3) is 0 Å². The van der Waals surface area contributed by atoms with Crippen LogP contribution in [0.5, 0.6) is 0 Å². The maximum atomic E-state index is 13.7. The summed E-state index contributed by atoms with van der Waals surface area (Å²) in [4.78, 5) is 30.0. The third-order valence-electron chi connectivity index (χ3n) is 6.55. The van der Waals surface area contributed by atoms with Gasteiger partial charge in [0.2, 0.25) is 11.8 Å². The SMILES string of the molecule is Cc1ccc([C@@H](C(=O)NC2CCCCC2)N(C[C@@H]2CCCO2)C(=O)Cc2cccs2)cc1. The van der Waals surface area contributed by atoms with E-state index in [2.05, 4.69) is 5.32 Å². The molecular formula is C26H34N2O3S. The Morgan fingerprint density at radius 3 is 2.53 bits per heavy atom. The third-order valence-corrected chi connectivity index (χ3v) is 7.43. The fourth-order valence-corrected chi connectivity index (χ4v) is 5.47. The molecule has 0 unspecified atom stereocenters. The van der Waals surface area contributed by atoms with E-state index in [1.54, 1.807) is 16.2 Å². The van der Waals surface area contributed by atoms with Gasteiger partial charge >= 0.3 is 0 Å². The van der Waals surface area contributed by atoms with E-state index >= 15 is 0 Å². The topological polar surface area (TPSA) is 58.6 Å². The lowest BCUT2D eigenvalue weighted by Crippen LogP contribution is -2.49. The predicted octanol–water partition coefficient (Wildman–Crippen LogP) is 4.80. The summed E-state index contributed by atoms with van der Waals surface area (Å²) < 4.78 is 5.88. The van der Waals surface area contributed by atoms with Gasteiger partial charge in [0, 0.05) is 24.1 Å². The number of thiophene rings is 1. The fraction of sp³-hybridized carbons (Fsp3) is 0.538. The highest BCUT2D eigenvalue weighted by Crippen LogP contribution is 2.27. The second-order valence-corrected chi connectivity index (χ2v) is 10.1. The van der Waals surface area contributed by atoms with Crippen molar-refractivity contribution in [1.29, 1.82) is 0 Å². The maximum Gasteiger partial charge on any atom is 0.247 e. The highest BCUT2D eigenvalue weighted by molar-refractivity contribution is 7.10. The van der Waals surface area contributed by atoms with Gasteiger partial charge in [-0.1, -0.05) is 55.2 Å². The second kappa shape index (κ2) is 11.1. The zero-order chi connectivity index (χ0) is 22.3. The van der Waals surface area contributed by atoms with Crippen molar-refractivity contribution in [3.05, 3.63) is 57.8 Å². The van der Waals surface area contributed by atoms with Crippen LogP contribution in [-0.4, -0.2) is 42.0 Å². The third kappa shape index (κ3) is 5.99. The van der Waals surface area contributed by atoms with Crippen molar-refractivity contribution < 1.29 is 14.3 Å². The molecule has 1 saturated heterocycles. The van der Waals surface area contributed by atoms with Crippen molar-refractivity contribution >= 4 is 23.2 Å². The van der Waals surface area contributed by atoms with Crippen LogP contribution in [-0.2, 0) is 20.7 Å². The van der Waals surface area contributed by atoms with Gasteiger partial charge in [-0.05, 0) is 49.6 Å². The Labute approximate surface area is 195 Å². The van der Waals surface area contributed by atoms with Gasteiger partial charge in [-0.25, -0.2) is 0 Å². The summed E-state index contributed by atoms with van der Waals surface area (Å²) in [7, 11) is 0. The van der Waals surface area contributed by atoms with Crippen molar-refractivity contribution in [2.24, 2.45) is 0 Å². The number of hydrogen-bond donors (Lipinski definition) is 1. The zero-order valence-corrected chi connectivity index (χ0v) is 19.7. The molecule has 6 heteroatoms. The van der Waals surface area contributed by atoms with Crippen molar-refractivity contribution in [3.8, 4) is 0 Å². The first kappa shape index (κ1) is 23.0. The summed E-state index contributed by atoms with van der Waals surface area (Å²) in [6.07, 6.45) is 7.78. The van der Waals surface area contributed by atoms with Gasteiger partial charge in [-0.3, -0.25) is 9.59 Å². The Kier molecular flexibility index (Phi) is 7.98. The largest absolute Gasteiger partial charge is 0.376 e. The Morgan fingerprint density at radius 2 is 1.88 bits per heavy atom. The number of hydrogen-bond acceptors (Lipinski definition) is 4. The summed E-state index contributed by atoms with van der Waals surface area (Å²) in [5.74, 6) is -0.0920. The number of amides is 2. The van der Waals surface area contributed by atoms with E-state index in [9.17, 15) is 9.59 Å². The lowest BCUT2D eigenvalue weighted by atomic mass is 9.94. The number of carbonyl (C=O) groups excluding carboxylic acids is 2. The smallest absolute Gasteiger partial charge is 0.247 e. The zero-order valence-electron chi connectivity index (χ0n) is 18.9. The van der Waals surface area contributed by atoms with Gasteiger partial charge in [-0.2, -0.15) is 0 Å². The Hall–Kier alpha value is -2.18. The molecule has 5 nitrogen and oxygen atoms in total. The average molecular weight is 455 g/mol. The van der Waals surface area contributed by atoms with Crippen LogP contribution in [0.1, 0.15) is 67.0 Å². The summed E-state index contributed by atoms with van der Waals surface area (Å²) in [6, 6.07) is 11.5. The van der Waals surface area contributed by atoms with Crippen LogP contribution in [0.2, 0.25) is 0 Å². The lowest BCUT2D eigenvalue weighted by Gasteiger charge is -2.34. The molecule has 1 aromatic carbocycles. The summed E-state index contributed by atoms with van der Waals surface area (Å²) in [5.41, 5.74) is 2.00. The number of nitrogens with zero attached hydrogens (tertiary/aromatic N) is 1. The number of nitrogens with one attached hydrogen (secondary N) is 1. The van der Waals surface area contributed by atoms with Crippen LogP contribution >= 0.6 is 11.3 Å². The maximum absolute atomic E-state index is 13.7. The van der Waals surface area contributed by atoms with Gasteiger partial charge in [0.1, 0.15) is 6.04 Å². The van der Waals surface area contributed by atoms with Crippen LogP contribution < -0.4 is 5.32 Å². The molecule has 172 valence electrons. The highest BCUT2D eigenvalue weighted by Gasteiger charge is 2.35. The standard InChI is InChI=1S/C26H34N2O3S/c1-19-11-13-20(14-12-19)25(26(30)27-21-7-3-2-4-8-21)28(18-22-9-5-15-31-22)24(29)17-23-10-6-16-32-23/h6,10-14,16,21-22,25H,2-5,7-9,15,17-18H2,1H3,(H,27,30)/t22-,25-/m0/s1. The molecule has 1 saturated carbocycles. The highest BCUT2D eigenvalue weighted by atomic mass is 32.1. The molecule has 2 fully saturated rings. The molecule has 0 radical (unpaired) electrons. The first-order chi connectivity index (χ1) is 15.6. The van der Waals surface area contributed by atoms with Crippen molar-refractivity contribution in [1.82, 2.24) is 10.2 Å². The van der Waals surface area contributed by atoms with E-state index in [1.807, 2.05) is 48.7 Å². The van der Waals surface area contributed by atoms with E-state index in [0.29, 0.717) is 13.0 Å². The molecule has 0 bridgehead atoms. The second-order valence-electron chi connectivity index (χ2n) is 9.09. The van der Waals surface area contributed by atoms with Gasteiger partial charge < -0.3 is 15.0 Å². The molecule has 2 atom stereocenters. The molecular weight excluding hydrogens is 420 g/mol. The molecule has 2 aliphatic rings. The molecule has 4 rings (SSSR count). The summed E-state index contributed by atoms with van der Waals surface area (Å²) >= 11 is 1.58. The molecule has 2 aromatic rings. The Bertz CT molecular complexity index is 869. The van der Waals surface area contributed by atoms with Crippen LogP contribution in [0.4, 0.5) is 0 Å². The average Bonchev–Trinajstić information content (AvgIpc) is 3.49. The van der Waals surface area contributed by atoms with E-state index < -0.39 is 6.04 Å². The van der Waals surface area contributed by atoms with Crippen LogP contribution in [0, 0.1) is 6.92 Å². The van der Waals surface area contributed by atoms with Crippen LogP contribution in [0.3, 0.4) is 0 Å². The minimum Gasteiger partial charge on any atom is -0.376 e. The molecule has 1 aliphatic carbocycles. The predicted molar refractivity (Wildman–Crippen MR) is 128 cm³/mol. The quantitative estimate of drug-likeness (QED) is 0.623.